The monoisotopic (exact) mass is 285 g/mol. The third kappa shape index (κ3) is 2.86. The summed E-state index contributed by atoms with van der Waals surface area (Å²) in [6.45, 7) is 1.05. The molecule has 0 aliphatic rings. The van der Waals surface area contributed by atoms with Crippen LogP contribution in [0.4, 0.5) is 4.39 Å². The van der Waals surface area contributed by atoms with Gasteiger partial charge in [0, 0.05) is 6.54 Å². The average molecular weight is 286 g/mol. The molecule has 0 aliphatic heterocycles. The van der Waals surface area contributed by atoms with Gasteiger partial charge in [-0.15, -0.1) is 0 Å². The Balaban J connectivity index is 1.87. The molecule has 84 valence electrons. The zero-order valence-electron chi connectivity index (χ0n) is 8.28. The highest BCUT2D eigenvalue weighted by molar-refractivity contribution is 9.10. The van der Waals surface area contributed by atoms with Gasteiger partial charge in [0.05, 0.1) is 11.0 Å². The Labute approximate surface area is 100.0 Å². The molecule has 0 atom stereocenters. The Morgan fingerprint density at radius 1 is 1.38 bits per heavy atom. The summed E-state index contributed by atoms with van der Waals surface area (Å²) in [6.07, 6.45) is 1.27. The molecule has 0 spiro atoms. The molecule has 0 aliphatic carbocycles. The Morgan fingerprint density at radius 2 is 2.25 bits per heavy atom. The van der Waals surface area contributed by atoms with Gasteiger partial charge in [-0.2, -0.15) is 4.98 Å². The van der Waals surface area contributed by atoms with Crippen molar-refractivity contribution in [2.24, 2.45) is 0 Å². The Bertz CT molecular complexity index is 461. The summed E-state index contributed by atoms with van der Waals surface area (Å²) in [5, 5.41) is 6.73. The zero-order valence-corrected chi connectivity index (χ0v) is 9.87. The maximum Gasteiger partial charge on any atom is 0.213 e. The molecule has 4 nitrogen and oxygen atoms in total. The molecule has 0 fully saturated rings. The van der Waals surface area contributed by atoms with Crippen molar-refractivity contribution in [2.45, 2.75) is 13.1 Å². The number of hydrogen-bond acceptors (Lipinski definition) is 4. The van der Waals surface area contributed by atoms with Crippen LogP contribution in [0, 0.1) is 5.82 Å². The highest BCUT2D eigenvalue weighted by atomic mass is 79.9. The summed E-state index contributed by atoms with van der Waals surface area (Å²) in [4.78, 5) is 3.86. The molecule has 16 heavy (non-hydrogen) atoms. The third-order valence-electron chi connectivity index (χ3n) is 2.00. The summed E-state index contributed by atoms with van der Waals surface area (Å²) in [7, 11) is 0. The van der Waals surface area contributed by atoms with Crippen LogP contribution in [0.5, 0.6) is 0 Å². The predicted molar refractivity (Wildman–Crippen MR) is 58.9 cm³/mol. The van der Waals surface area contributed by atoms with Gasteiger partial charge in [-0.05, 0) is 33.6 Å². The minimum absolute atomic E-state index is 0.265. The van der Waals surface area contributed by atoms with E-state index in [4.69, 9.17) is 0 Å². The van der Waals surface area contributed by atoms with Crippen molar-refractivity contribution in [3.05, 3.63) is 46.3 Å². The predicted octanol–water partition coefficient (Wildman–Crippen LogP) is 2.26. The van der Waals surface area contributed by atoms with Crippen molar-refractivity contribution in [3.8, 4) is 0 Å². The molecular formula is C10H9BrFN3O. The van der Waals surface area contributed by atoms with Crippen molar-refractivity contribution in [1.82, 2.24) is 15.5 Å². The number of hydrogen-bond donors (Lipinski definition) is 1. The summed E-state index contributed by atoms with van der Waals surface area (Å²) in [5.41, 5.74) is 0.865. The summed E-state index contributed by atoms with van der Waals surface area (Å²) in [6, 6.07) is 5.00. The molecule has 2 rings (SSSR count). The van der Waals surface area contributed by atoms with Gasteiger partial charge in [-0.1, -0.05) is 11.2 Å². The molecule has 2 aromatic rings. The van der Waals surface area contributed by atoms with E-state index in [0.717, 1.165) is 5.56 Å². The number of aromatic nitrogens is 2. The van der Waals surface area contributed by atoms with E-state index < -0.39 is 0 Å². The fourth-order valence-electron chi connectivity index (χ4n) is 1.24. The first-order valence-corrected chi connectivity index (χ1v) is 5.45. The first-order valence-electron chi connectivity index (χ1n) is 4.65. The van der Waals surface area contributed by atoms with E-state index in [2.05, 4.69) is 35.9 Å². The van der Waals surface area contributed by atoms with Crippen molar-refractivity contribution in [3.63, 3.8) is 0 Å². The fraction of sp³-hybridized carbons (Fsp3) is 0.200. The van der Waals surface area contributed by atoms with Crippen LogP contribution in [0.25, 0.3) is 0 Å². The van der Waals surface area contributed by atoms with E-state index in [1.807, 2.05) is 6.07 Å². The van der Waals surface area contributed by atoms with Crippen molar-refractivity contribution in [1.29, 1.82) is 0 Å². The molecule has 1 aromatic carbocycles. The van der Waals surface area contributed by atoms with Gasteiger partial charge in [0.1, 0.15) is 5.82 Å². The van der Waals surface area contributed by atoms with E-state index in [1.54, 1.807) is 6.07 Å². The minimum Gasteiger partial charge on any atom is -0.343 e. The van der Waals surface area contributed by atoms with Crippen molar-refractivity contribution >= 4 is 15.9 Å². The largest absolute Gasteiger partial charge is 0.343 e. The van der Waals surface area contributed by atoms with Crippen LogP contribution in [0.1, 0.15) is 11.4 Å². The molecule has 0 saturated heterocycles. The highest BCUT2D eigenvalue weighted by Crippen LogP contribution is 2.16. The molecule has 0 radical (unpaired) electrons. The Morgan fingerprint density at radius 3 is 2.94 bits per heavy atom. The molecule has 0 saturated carbocycles. The second-order valence-electron chi connectivity index (χ2n) is 3.20. The van der Waals surface area contributed by atoms with Gasteiger partial charge in [0.2, 0.25) is 6.39 Å². The van der Waals surface area contributed by atoms with E-state index in [-0.39, 0.29) is 5.82 Å². The van der Waals surface area contributed by atoms with Crippen LogP contribution < -0.4 is 5.32 Å². The lowest BCUT2D eigenvalue weighted by molar-refractivity contribution is 0.407. The smallest absolute Gasteiger partial charge is 0.213 e. The molecule has 0 amide bonds. The molecule has 1 aromatic heterocycles. The summed E-state index contributed by atoms with van der Waals surface area (Å²) < 4.78 is 18.2. The van der Waals surface area contributed by atoms with Crippen LogP contribution >= 0.6 is 15.9 Å². The number of nitrogens with zero attached hydrogens (tertiary/aromatic N) is 2. The van der Waals surface area contributed by atoms with Crippen LogP contribution in [0.15, 0.2) is 33.6 Å². The average Bonchev–Trinajstić information content (AvgIpc) is 2.76. The lowest BCUT2D eigenvalue weighted by Crippen LogP contribution is -2.13. The second-order valence-corrected chi connectivity index (χ2v) is 4.05. The molecular weight excluding hydrogens is 277 g/mol. The lowest BCUT2D eigenvalue weighted by Gasteiger charge is -2.03. The van der Waals surface area contributed by atoms with Crippen LogP contribution in [-0.4, -0.2) is 10.1 Å². The van der Waals surface area contributed by atoms with Gasteiger partial charge in [-0.3, -0.25) is 0 Å². The molecule has 1 heterocycles. The number of rotatable bonds is 4. The van der Waals surface area contributed by atoms with Gasteiger partial charge in [-0.25, -0.2) is 4.39 Å². The SMILES string of the molecule is Fc1cc(CNCc2ncon2)ccc1Br. The van der Waals surface area contributed by atoms with Crippen LogP contribution in [0.3, 0.4) is 0 Å². The van der Waals surface area contributed by atoms with E-state index in [0.29, 0.717) is 23.4 Å². The molecule has 6 heteroatoms. The van der Waals surface area contributed by atoms with Gasteiger partial charge in [0.25, 0.3) is 0 Å². The topological polar surface area (TPSA) is 51.0 Å². The van der Waals surface area contributed by atoms with Gasteiger partial charge >= 0.3 is 0 Å². The first kappa shape index (κ1) is 11.2. The fourth-order valence-corrected chi connectivity index (χ4v) is 1.49. The summed E-state index contributed by atoms with van der Waals surface area (Å²) >= 11 is 3.10. The van der Waals surface area contributed by atoms with E-state index in [9.17, 15) is 4.39 Å². The first-order chi connectivity index (χ1) is 7.75. The van der Waals surface area contributed by atoms with Gasteiger partial charge < -0.3 is 9.84 Å². The maximum atomic E-state index is 13.2. The van der Waals surface area contributed by atoms with E-state index in [1.165, 1.54) is 12.5 Å². The van der Waals surface area contributed by atoms with Crippen molar-refractivity contribution < 1.29 is 8.91 Å². The maximum absolute atomic E-state index is 13.2. The normalized spacial score (nSPS) is 10.6. The molecule has 0 bridgehead atoms. The van der Waals surface area contributed by atoms with Crippen molar-refractivity contribution in [2.75, 3.05) is 0 Å². The quantitative estimate of drug-likeness (QED) is 0.936. The second kappa shape index (κ2) is 5.18. The minimum atomic E-state index is -0.265. The summed E-state index contributed by atoms with van der Waals surface area (Å²) in [5.74, 6) is 0.316. The van der Waals surface area contributed by atoms with Crippen LogP contribution in [0.2, 0.25) is 0 Å². The molecule has 0 unspecified atom stereocenters. The standard InChI is InChI=1S/C10H9BrFN3O/c11-8-2-1-7(3-9(8)12)4-13-5-10-14-6-16-15-10/h1-3,6,13H,4-5H2. The Kier molecular flexibility index (Phi) is 3.63. The van der Waals surface area contributed by atoms with Gasteiger partial charge in [0.15, 0.2) is 5.82 Å². The highest BCUT2D eigenvalue weighted by Gasteiger charge is 2.01. The third-order valence-corrected chi connectivity index (χ3v) is 2.65. The molecule has 1 N–H and O–H groups in total. The van der Waals surface area contributed by atoms with E-state index >= 15 is 0 Å². The number of halogens is 2. The number of benzene rings is 1. The number of nitrogens with one attached hydrogen (secondary N) is 1. The Hall–Kier alpha value is -1.27. The zero-order chi connectivity index (χ0) is 11.4. The van der Waals surface area contributed by atoms with Crippen LogP contribution in [-0.2, 0) is 13.1 Å². The lowest BCUT2D eigenvalue weighted by atomic mass is 10.2.